The molecule has 2 N–H and O–H groups in total. The molecule has 0 heterocycles. The zero-order valence-electron chi connectivity index (χ0n) is 13.2. The first-order valence-electron chi connectivity index (χ1n) is 7.40. The van der Waals surface area contributed by atoms with E-state index in [1.54, 1.807) is 24.3 Å². The molecule has 0 unspecified atom stereocenters. The van der Waals surface area contributed by atoms with Crippen LogP contribution in [0.5, 0.6) is 5.75 Å². The average molecular weight is 326 g/mol. The summed E-state index contributed by atoms with van der Waals surface area (Å²) < 4.78 is 5.23. The summed E-state index contributed by atoms with van der Waals surface area (Å²) in [4.78, 5) is 22.5. The molecular weight excluding hydrogens is 308 g/mol. The first kappa shape index (κ1) is 17.2. The number of carboxylic acid groups (broad SMARTS) is 1. The van der Waals surface area contributed by atoms with Crippen molar-refractivity contribution in [2.45, 2.75) is 19.4 Å². The average Bonchev–Trinajstić information content (AvgIpc) is 2.57. The van der Waals surface area contributed by atoms with Gasteiger partial charge in [0.25, 0.3) is 0 Å². The van der Waals surface area contributed by atoms with Crippen LogP contribution in [0.4, 0.5) is 0 Å². The minimum atomic E-state index is -1.03. The Kier molecular flexibility index (Phi) is 6.08. The number of hydrogen-bond donors (Lipinski definition) is 2. The monoisotopic (exact) mass is 326 g/mol. The summed E-state index contributed by atoms with van der Waals surface area (Å²) in [7, 11) is 0. The summed E-state index contributed by atoms with van der Waals surface area (Å²) in [6, 6.07) is 16.1. The smallest absolute Gasteiger partial charge is 0.344 e. The van der Waals surface area contributed by atoms with Crippen molar-refractivity contribution in [3.63, 3.8) is 0 Å². The highest BCUT2D eigenvalue weighted by Gasteiger charge is 2.11. The van der Waals surface area contributed by atoms with Crippen molar-refractivity contribution < 1.29 is 19.4 Å². The predicted octanol–water partition coefficient (Wildman–Crippen LogP) is 2.23. The number of hydrazone groups is 1. The number of benzene rings is 2. The van der Waals surface area contributed by atoms with Gasteiger partial charge in [-0.3, -0.25) is 4.79 Å². The number of carbonyl (C=O) groups is 2. The van der Waals surface area contributed by atoms with E-state index in [-0.39, 0.29) is 12.3 Å². The second kappa shape index (κ2) is 8.47. The van der Waals surface area contributed by atoms with Crippen molar-refractivity contribution in [3.05, 3.63) is 65.7 Å². The SMILES string of the molecule is C[C@H](Oc1ccc(/C=N\NC(=O)Cc2ccccc2)cc1)C(=O)O. The number of ether oxygens (including phenoxy) is 1. The Labute approximate surface area is 139 Å². The zero-order chi connectivity index (χ0) is 17.4. The molecule has 6 heteroatoms. The van der Waals surface area contributed by atoms with Gasteiger partial charge in [-0.05, 0) is 42.3 Å². The van der Waals surface area contributed by atoms with Crippen molar-refractivity contribution in [1.82, 2.24) is 5.43 Å². The number of carbonyl (C=O) groups excluding carboxylic acids is 1. The molecule has 0 spiro atoms. The van der Waals surface area contributed by atoms with E-state index in [1.165, 1.54) is 13.1 Å². The molecule has 2 aromatic carbocycles. The largest absolute Gasteiger partial charge is 0.479 e. The van der Waals surface area contributed by atoms with E-state index in [1.807, 2.05) is 30.3 Å². The Balaban J connectivity index is 1.83. The van der Waals surface area contributed by atoms with E-state index in [9.17, 15) is 9.59 Å². The van der Waals surface area contributed by atoms with Crippen LogP contribution in [0.3, 0.4) is 0 Å². The molecule has 0 bridgehead atoms. The quantitative estimate of drug-likeness (QED) is 0.603. The van der Waals surface area contributed by atoms with Crippen molar-refractivity contribution in [1.29, 1.82) is 0 Å². The van der Waals surface area contributed by atoms with Gasteiger partial charge in [0.15, 0.2) is 6.10 Å². The highest BCUT2D eigenvalue weighted by molar-refractivity contribution is 5.83. The summed E-state index contributed by atoms with van der Waals surface area (Å²) >= 11 is 0. The minimum absolute atomic E-state index is 0.201. The molecule has 0 saturated carbocycles. The van der Waals surface area contributed by atoms with Crippen LogP contribution < -0.4 is 10.2 Å². The zero-order valence-corrected chi connectivity index (χ0v) is 13.2. The molecule has 124 valence electrons. The van der Waals surface area contributed by atoms with Crippen LogP contribution in [0, 0.1) is 0 Å². The van der Waals surface area contributed by atoms with E-state index in [0.29, 0.717) is 5.75 Å². The predicted molar refractivity (Wildman–Crippen MR) is 90.1 cm³/mol. The molecule has 1 atom stereocenters. The fourth-order valence-corrected chi connectivity index (χ4v) is 1.89. The summed E-state index contributed by atoms with van der Waals surface area (Å²) in [6.45, 7) is 1.46. The topological polar surface area (TPSA) is 88.0 Å². The van der Waals surface area contributed by atoms with E-state index in [4.69, 9.17) is 9.84 Å². The maximum atomic E-state index is 11.7. The Morgan fingerprint density at radius 2 is 1.83 bits per heavy atom. The highest BCUT2D eigenvalue weighted by Crippen LogP contribution is 2.13. The summed E-state index contributed by atoms with van der Waals surface area (Å²) in [5.41, 5.74) is 4.13. The van der Waals surface area contributed by atoms with Gasteiger partial charge < -0.3 is 9.84 Å². The van der Waals surface area contributed by atoms with Gasteiger partial charge in [0.2, 0.25) is 5.91 Å². The Morgan fingerprint density at radius 3 is 2.46 bits per heavy atom. The molecule has 0 aliphatic carbocycles. The number of nitrogens with one attached hydrogen (secondary N) is 1. The molecule has 6 nitrogen and oxygen atoms in total. The van der Waals surface area contributed by atoms with E-state index in [2.05, 4.69) is 10.5 Å². The first-order valence-corrected chi connectivity index (χ1v) is 7.40. The van der Waals surface area contributed by atoms with Gasteiger partial charge in [-0.1, -0.05) is 30.3 Å². The van der Waals surface area contributed by atoms with Crippen LogP contribution in [0.25, 0.3) is 0 Å². The second-order valence-electron chi connectivity index (χ2n) is 5.12. The summed E-state index contributed by atoms with van der Waals surface area (Å²) in [6.07, 6.45) is 0.854. The van der Waals surface area contributed by atoms with Gasteiger partial charge in [-0.15, -0.1) is 0 Å². The third-order valence-electron chi connectivity index (χ3n) is 3.15. The van der Waals surface area contributed by atoms with Gasteiger partial charge >= 0.3 is 5.97 Å². The van der Waals surface area contributed by atoms with Crippen LogP contribution in [-0.4, -0.2) is 29.3 Å². The standard InChI is InChI=1S/C18H18N2O4/c1-13(18(22)23)24-16-9-7-15(8-10-16)12-19-20-17(21)11-14-5-3-2-4-6-14/h2-10,12-13H,11H2,1H3,(H,20,21)(H,22,23)/b19-12-/t13-/m0/s1. The Morgan fingerprint density at radius 1 is 1.17 bits per heavy atom. The van der Waals surface area contributed by atoms with Gasteiger partial charge in [-0.25, -0.2) is 10.2 Å². The van der Waals surface area contributed by atoms with Crippen molar-refractivity contribution >= 4 is 18.1 Å². The normalized spacial score (nSPS) is 11.9. The molecule has 2 rings (SSSR count). The number of amides is 1. The molecule has 0 saturated heterocycles. The lowest BCUT2D eigenvalue weighted by Gasteiger charge is -2.09. The van der Waals surface area contributed by atoms with Crippen LogP contribution >= 0.6 is 0 Å². The first-order chi connectivity index (χ1) is 11.5. The molecule has 1 amide bonds. The molecule has 24 heavy (non-hydrogen) atoms. The lowest BCUT2D eigenvalue weighted by molar-refractivity contribution is -0.144. The number of carboxylic acids is 1. The van der Waals surface area contributed by atoms with Crippen LogP contribution in [-0.2, 0) is 16.0 Å². The molecular formula is C18H18N2O4. The Hall–Kier alpha value is -3.15. The van der Waals surface area contributed by atoms with E-state index < -0.39 is 12.1 Å². The molecule has 0 radical (unpaired) electrons. The van der Waals surface area contributed by atoms with E-state index in [0.717, 1.165) is 11.1 Å². The fraction of sp³-hybridized carbons (Fsp3) is 0.167. The van der Waals surface area contributed by atoms with Crippen molar-refractivity contribution in [2.24, 2.45) is 5.10 Å². The molecule has 0 aliphatic rings. The lowest BCUT2D eigenvalue weighted by Crippen LogP contribution is -2.22. The van der Waals surface area contributed by atoms with Gasteiger partial charge in [0.1, 0.15) is 5.75 Å². The van der Waals surface area contributed by atoms with Gasteiger partial charge in [0, 0.05) is 0 Å². The number of rotatable bonds is 7. The summed E-state index contributed by atoms with van der Waals surface area (Å²) in [5, 5.41) is 12.7. The maximum absolute atomic E-state index is 11.7. The molecule has 2 aromatic rings. The van der Waals surface area contributed by atoms with Crippen LogP contribution in [0.15, 0.2) is 59.7 Å². The minimum Gasteiger partial charge on any atom is -0.479 e. The third-order valence-corrected chi connectivity index (χ3v) is 3.15. The summed E-state index contributed by atoms with van der Waals surface area (Å²) in [5.74, 6) is -0.774. The fourth-order valence-electron chi connectivity index (χ4n) is 1.89. The maximum Gasteiger partial charge on any atom is 0.344 e. The van der Waals surface area contributed by atoms with Gasteiger partial charge in [0.05, 0.1) is 12.6 Å². The molecule has 0 fully saturated rings. The molecule has 0 aliphatic heterocycles. The molecule has 0 aromatic heterocycles. The van der Waals surface area contributed by atoms with E-state index >= 15 is 0 Å². The lowest BCUT2D eigenvalue weighted by atomic mass is 10.1. The Bertz CT molecular complexity index is 712. The van der Waals surface area contributed by atoms with Crippen LogP contribution in [0.1, 0.15) is 18.1 Å². The second-order valence-corrected chi connectivity index (χ2v) is 5.12. The number of hydrogen-bond acceptors (Lipinski definition) is 4. The third kappa shape index (κ3) is 5.57. The highest BCUT2D eigenvalue weighted by atomic mass is 16.5. The number of aliphatic carboxylic acids is 1. The van der Waals surface area contributed by atoms with Gasteiger partial charge in [-0.2, -0.15) is 5.10 Å². The van der Waals surface area contributed by atoms with Crippen molar-refractivity contribution in [2.75, 3.05) is 0 Å². The van der Waals surface area contributed by atoms with Crippen molar-refractivity contribution in [3.8, 4) is 5.75 Å². The number of nitrogens with zero attached hydrogens (tertiary/aromatic N) is 1. The van der Waals surface area contributed by atoms with Crippen LogP contribution in [0.2, 0.25) is 0 Å².